The second kappa shape index (κ2) is 10.4. The van der Waals surface area contributed by atoms with Gasteiger partial charge in [-0.25, -0.2) is 4.79 Å². The van der Waals surface area contributed by atoms with Gasteiger partial charge in [0, 0.05) is 11.4 Å². The van der Waals surface area contributed by atoms with Crippen LogP contribution in [0.15, 0.2) is 34.0 Å². The highest BCUT2D eigenvalue weighted by molar-refractivity contribution is 7.99. The molecule has 160 valence electrons. The van der Waals surface area contributed by atoms with E-state index in [0.29, 0.717) is 33.9 Å². The van der Waals surface area contributed by atoms with Gasteiger partial charge in [0.2, 0.25) is 5.91 Å². The number of aromatic nitrogens is 3. The van der Waals surface area contributed by atoms with Crippen LogP contribution in [0.4, 0.5) is 5.00 Å². The van der Waals surface area contributed by atoms with Crippen LogP contribution in [0.1, 0.15) is 42.4 Å². The maximum absolute atomic E-state index is 12.6. The summed E-state index contributed by atoms with van der Waals surface area (Å²) in [5, 5.41) is 12.4. The number of furan rings is 1. The van der Waals surface area contributed by atoms with E-state index < -0.39 is 5.97 Å². The van der Waals surface area contributed by atoms with Gasteiger partial charge in [-0.1, -0.05) is 25.6 Å². The largest absolute Gasteiger partial charge is 0.462 e. The Labute approximate surface area is 183 Å². The Morgan fingerprint density at radius 3 is 2.80 bits per heavy atom. The average molecular weight is 449 g/mol. The summed E-state index contributed by atoms with van der Waals surface area (Å²) in [7, 11) is 0. The van der Waals surface area contributed by atoms with Gasteiger partial charge in [-0.15, -0.1) is 21.5 Å². The lowest BCUT2D eigenvalue weighted by atomic mass is 10.2. The maximum atomic E-state index is 12.6. The SMILES string of the molecule is CCCn1c(SCC(=O)Nc2sc(CC)cc2C(=O)OCC)nnc1-c1ccco1. The highest BCUT2D eigenvalue weighted by Crippen LogP contribution is 2.30. The highest BCUT2D eigenvalue weighted by atomic mass is 32.2. The van der Waals surface area contributed by atoms with Crippen molar-refractivity contribution in [3.63, 3.8) is 0 Å². The van der Waals surface area contributed by atoms with Crippen molar-refractivity contribution in [3.8, 4) is 11.6 Å². The first-order chi connectivity index (χ1) is 14.6. The van der Waals surface area contributed by atoms with Crippen molar-refractivity contribution in [2.45, 2.75) is 45.3 Å². The fourth-order valence-corrected chi connectivity index (χ4v) is 4.54. The quantitative estimate of drug-likeness (QED) is 0.361. The third-order valence-electron chi connectivity index (χ3n) is 4.12. The van der Waals surface area contributed by atoms with Gasteiger partial charge in [-0.2, -0.15) is 0 Å². The molecule has 3 aromatic heterocycles. The van der Waals surface area contributed by atoms with Gasteiger partial charge >= 0.3 is 5.97 Å². The van der Waals surface area contributed by atoms with Crippen LogP contribution in [0.2, 0.25) is 0 Å². The van der Waals surface area contributed by atoms with Crippen LogP contribution in [0, 0.1) is 0 Å². The predicted molar refractivity (Wildman–Crippen MR) is 117 cm³/mol. The molecular weight excluding hydrogens is 424 g/mol. The number of hydrogen-bond donors (Lipinski definition) is 1. The van der Waals surface area contributed by atoms with E-state index in [2.05, 4.69) is 22.4 Å². The van der Waals surface area contributed by atoms with Crippen LogP contribution in [-0.4, -0.2) is 39.0 Å². The zero-order valence-electron chi connectivity index (χ0n) is 17.1. The Hall–Kier alpha value is -2.59. The molecule has 0 saturated carbocycles. The molecule has 0 fully saturated rings. The molecule has 0 unspecified atom stereocenters. The number of aryl methyl sites for hydroxylation is 1. The van der Waals surface area contributed by atoms with E-state index in [0.717, 1.165) is 17.7 Å². The predicted octanol–water partition coefficient (Wildman–Crippen LogP) is 4.48. The fourth-order valence-electron chi connectivity index (χ4n) is 2.77. The third-order valence-corrected chi connectivity index (χ3v) is 6.28. The molecule has 0 aliphatic heterocycles. The lowest BCUT2D eigenvalue weighted by Gasteiger charge is -2.08. The summed E-state index contributed by atoms with van der Waals surface area (Å²) in [6, 6.07) is 5.41. The van der Waals surface area contributed by atoms with Crippen LogP contribution in [0.5, 0.6) is 0 Å². The van der Waals surface area contributed by atoms with Gasteiger partial charge in [0.05, 0.1) is 24.2 Å². The minimum atomic E-state index is -0.429. The van der Waals surface area contributed by atoms with Crippen LogP contribution in [-0.2, 0) is 22.5 Å². The minimum Gasteiger partial charge on any atom is -0.462 e. The number of nitrogens with one attached hydrogen (secondary N) is 1. The second-order valence-electron chi connectivity index (χ2n) is 6.30. The number of amides is 1. The first kappa shape index (κ1) is 22.1. The van der Waals surface area contributed by atoms with Crippen LogP contribution in [0.3, 0.4) is 0 Å². The smallest absolute Gasteiger partial charge is 0.341 e. The van der Waals surface area contributed by atoms with Crippen molar-refractivity contribution >= 4 is 40.0 Å². The summed E-state index contributed by atoms with van der Waals surface area (Å²) < 4.78 is 12.5. The standard InChI is InChI=1S/C20H24N4O4S2/c1-4-9-24-17(15-8-7-10-28-15)22-23-20(24)29-12-16(25)21-18-14(19(26)27-6-3)11-13(5-2)30-18/h7-8,10-11H,4-6,9,12H2,1-3H3,(H,21,25). The number of nitrogens with zero attached hydrogens (tertiary/aromatic N) is 3. The van der Waals surface area contributed by atoms with E-state index in [4.69, 9.17) is 9.15 Å². The maximum Gasteiger partial charge on any atom is 0.341 e. The molecule has 1 N–H and O–H groups in total. The summed E-state index contributed by atoms with van der Waals surface area (Å²) in [5.74, 6) is 0.766. The van der Waals surface area contributed by atoms with Gasteiger partial charge in [-0.3, -0.25) is 9.36 Å². The van der Waals surface area contributed by atoms with E-state index in [1.807, 2.05) is 17.6 Å². The van der Waals surface area contributed by atoms with Gasteiger partial charge in [-0.05, 0) is 38.0 Å². The van der Waals surface area contributed by atoms with E-state index in [1.165, 1.54) is 23.1 Å². The number of anilines is 1. The third kappa shape index (κ3) is 5.11. The average Bonchev–Trinajstić information content (AvgIpc) is 3.46. The second-order valence-corrected chi connectivity index (χ2v) is 8.38. The number of rotatable bonds is 10. The Balaban J connectivity index is 1.70. The van der Waals surface area contributed by atoms with Gasteiger partial charge < -0.3 is 14.5 Å². The van der Waals surface area contributed by atoms with Crippen molar-refractivity contribution < 1.29 is 18.7 Å². The number of esters is 1. The topological polar surface area (TPSA) is 99.2 Å². The molecule has 0 atom stereocenters. The molecule has 0 aliphatic rings. The normalized spacial score (nSPS) is 10.9. The molecule has 0 aliphatic carbocycles. The number of hydrogen-bond acceptors (Lipinski definition) is 8. The molecule has 0 aromatic carbocycles. The molecule has 1 amide bonds. The van der Waals surface area contributed by atoms with Gasteiger partial charge in [0.25, 0.3) is 0 Å². The number of thiophene rings is 1. The Kier molecular flexibility index (Phi) is 7.69. The monoisotopic (exact) mass is 448 g/mol. The molecule has 8 nitrogen and oxygen atoms in total. The Morgan fingerprint density at radius 1 is 1.30 bits per heavy atom. The van der Waals surface area contributed by atoms with Crippen molar-refractivity contribution in [3.05, 3.63) is 34.9 Å². The van der Waals surface area contributed by atoms with Gasteiger partial charge in [0.15, 0.2) is 16.7 Å². The van der Waals surface area contributed by atoms with Crippen molar-refractivity contribution in [2.75, 3.05) is 17.7 Å². The molecule has 3 aromatic rings. The molecule has 30 heavy (non-hydrogen) atoms. The summed E-state index contributed by atoms with van der Waals surface area (Å²) in [5.41, 5.74) is 0.395. The van der Waals surface area contributed by atoms with Crippen molar-refractivity contribution in [1.82, 2.24) is 14.8 Å². The summed E-state index contributed by atoms with van der Waals surface area (Å²) in [6.07, 6.45) is 3.26. The molecule has 0 bridgehead atoms. The van der Waals surface area contributed by atoms with E-state index in [1.54, 1.807) is 25.3 Å². The fraction of sp³-hybridized carbons (Fsp3) is 0.400. The molecule has 0 saturated heterocycles. The van der Waals surface area contributed by atoms with Crippen molar-refractivity contribution in [1.29, 1.82) is 0 Å². The van der Waals surface area contributed by atoms with Gasteiger partial charge in [0.1, 0.15) is 5.00 Å². The highest BCUT2D eigenvalue weighted by Gasteiger charge is 2.20. The zero-order chi connectivity index (χ0) is 21.5. The number of carbonyl (C=O) groups is 2. The van der Waals surface area contributed by atoms with Crippen LogP contribution < -0.4 is 5.32 Å². The first-order valence-corrected chi connectivity index (χ1v) is 11.6. The van der Waals surface area contributed by atoms with E-state index in [9.17, 15) is 9.59 Å². The Bertz CT molecular complexity index is 995. The summed E-state index contributed by atoms with van der Waals surface area (Å²) in [4.78, 5) is 25.8. The Morgan fingerprint density at radius 2 is 2.13 bits per heavy atom. The molecule has 3 heterocycles. The number of ether oxygens (including phenoxy) is 1. The lowest BCUT2D eigenvalue weighted by molar-refractivity contribution is -0.113. The minimum absolute atomic E-state index is 0.141. The molecule has 3 rings (SSSR count). The van der Waals surface area contributed by atoms with Crippen molar-refractivity contribution in [2.24, 2.45) is 0 Å². The van der Waals surface area contributed by atoms with E-state index in [-0.39, 0.29) is 18.3 Å². The zero-order valence-corrected chi connectivity index (χ0v) is 18.8. The molecule has 10 heteroatoms. The first-order valence-electron chi connectivity index (χ1n) is 9.76. The molecular formula is C20H24N4O4S2. The van der Waals surface area contributed by atoms with Crippen LogP contribution >= 0.6 is 23.1 Å². The summed E-state index contributed by atoms with van der Waals surface area (Å²) in [6.45, 7) is 6.81. The van der Waals surface area contributed by atoms with E-state index >= 15 is 0 Å². The lowest BCUT2D eigenvalue weighted by Crippen LogP contribution is -2.16. The number of carbonyl (C=O) groups excluding carboxylic acids is 2. The molecule has 0 radical (unpaired) electrons. The molecule has 0 spiro atoms. The number of thioether (sulfide) groups is 1. The summed E-state index contributed by atoms with van der Waals surface area (Å²) >= 11 is 2.68. The van der Waals surface area contributed by atoms with Crippen LogP contribution in [0.25, 0.3) is 11.6 Å².